The Morgan fingerprint density at radius 1 is 1.00 bits per heavy atom. The van der Waals surface area contributed by atoms with E-state index in [0.29, 0.717) is 19.6 Å². The smallest absolute Gasteiger partial charge is 0.243 e. The lowest BCUT2D eigenvalue weighted by molar-refractivity contribution is 0.262. The fourth-order valence-electron chi connectivity index (χ4n) is 2.47. The van der Waals surface area contributed by atoms with Gasteiger partial charge in [0.1, 0.15) is 0 Å². The van der Waals surface area contributed by atoms with Crippen LogP contribution in [0.1, 0.15) is 27.7 Å². The van der Waals surface area contributed by atoms with Crippen LogP contribution in [-0.4, -0.2) is 58.8 Å². The van der Waals surface area contributed by atoms with Gasteiger partial charge in [0.25, 0.3) is 0 Å². The SMILES string of the molecule is CCN(CC)CCN(CC(C)C)S(=O)(=O)c1cccc(S(N)(=O)=O)c1. The Morgan fingerprint density at radius 3 is 2.04 bits per heavy atom. The number of hydrogen-bond acceptors (Lipinski definition) is 5. The molecule has 144 valence electrons. The van der Waals surface area contributed by atoms with Gasteiger partial charge >= 0.3 is 0 Å². The van der Waals surface area contributed by atoms with Crippen molar-refractivity contribution in [1.82, 2.24) is 9.21 Å². The van der Waals surface area contributed by atoms with Gasteiger partial charge in [0.2, 0.25) is 20.0 Å². The van der Waals surface area contributed by atoms with Crippen LogP contribution in [0.2, 0.25) is 0 Å². The molecule has 0 radical (unpaired) electrons. The maximum absolute atomic E-state index is 13.0. The number of nitrogens with zero attached hydrogens (tertiary/aromatic N) is 2. The van der Waals surface area contributed by atoms with E-state index in [4.69, 9.17) is 5.14 Å². The van der Waals surface area contributed by atoms with Crippen molar-refractivity contribution >= 4 is 20.0 Å². The number of rotatable bonds is 10. The minimum Gasteiger partial charge on any atom is -0.303 e. The quantitative estimate of drug-likeness (QED) is 0.648. The number of benzene rings is 1. The molecule has 0 unspecified atom stereocenters. The van der Waals surface area contributed by atoms with Crippen LogP contribution in [0, 0.1) is 5.92 Å². The predicted molar refractivity (Wildman–Crippen MR) is 99.2 cm³/mol. The summed E-state index contributed by atoms with van der Waals surface area (Å²) in [5, 5.41) is 5.12. The normalized spacial score (nSPS) is 13.1. The fraction of sp³-hybridized carbons (Fsp3) is 0.625. The molecule has 25 heavy (non-hydrogen) atoms. The third-order valence-electron chi connectivity index (χ3n) is 3.90. The summed E-state index contributed by atoms with van der Waals surface area (Å²) in [5.74, 6) is 0.146. The van der Waals surface area contributed by atoms with Gasteiger partial charge in [0.05, 0.1) is 9.79 Å². The molecule has 0 fully saturated rings. The Balaban J connectivity index is 3.18. The van der Waals surface area contributed by atoms with Crippen LogP contribution in [0.5, 0.6) is 0 Å². The molecule has 0 aromatic heterocycles. The van der Waals surface area contributed by atoms with Gasteiger partial charge in [0, 0.05) is 19.6 Å². The zero-order valence-electron chi connectivity index (χ0n) is 15.3. The molecular formula is C16H29N3O4S2. The number of likely N-dealkylation sites (N-methyl/N-ethyl adjacent to an activating group) is 1. The number of hydrogen-bond donors (Lipinski definition) is 1. The molecule has 1 rings (SSSR count). The van der Waals surface area contributed by atoms with Gasteiger partial charge in [-0.3, -0.25) is 0 Å². The fourth-order valence-corrected chi connectivity index (χ4v) is 4.75. The largest absolute Gasteiger partial charge is 0.303 e. The molecule has 1 aromatic rings. The summed E-state index contributed by atoms with van der Waals surface area (Å²) in [7, 11) is -7.76. The first kappa shape index (κ1) is 22.0. The van der Waals surface area contributed by atoms with Gasteiger partial charge in [-0.2, -0.15) is 4.31 Å². The van der Waals surface area contributed by atoms with Crippen molar-refractivity contribution in [3.63, 3.8) is 0 Å². The molecule has 0 amide bonds. The van der Waals surface area contributed by atoms with Crippen LogP contribution >= 0.6 is 0 Å². The van der Waals surface area contributed by atoms with E-state index in [-0.39, 0.29) is 15.7 Å². The lowest BCUT2D eigenvalue weighted by Gasteiger charge is -2.27. The van der Waals surface area contributed by atoms with Gasteiger partial charge in [-0.15, -0.1) is 0 Å². The molecule has 0 spiro atoms. The summed E-state index contributed by atoms with van der Waals surface area (Å²) in [6.07, 6.45) is 0. The molecule has 0 aliphatic rings. The Morgan fingerprint density at radius 2 is 1.56 bits per heavy atom. The summed E-state index contributed by atoms with van der Waals surface area (Å²) < 4.78 is 50.5. The summed E-state index contributed by atoms with van der Waals surface area (Å²) in [5.41, 5.74) is 0. The van der Waals surface area contributed by atoms with Crippen molar-refractivity contribution < 1.29 is 16.8 Å². The zero-order chi connectivity index (χ0) is 19.3. The monoisotopic (exact) mass is 391 g/mol. The third kappa shape index (κ3) is 6.34. The maximum atomic E-state index is 13.0. The lowest BCUT2D eigenvalue weighted by atomic mass is 10.2. The summed E-state index contributed by atoms with van der Waals surface area (Å²) in [6.45, 7) is 11.0. The summed E-state index contributed by atoms with van der Waals surface area (Å²) in [6, 6.07) is 5.20. The molecule has 0 saturated carbocycles. The van der Waals surface area contributed by atoms with Crippen molar-refractivity contribution in [3.8, 4) is 0 Å². The van der Waals surface area contributed by atoms with Crippen molar-refractivity contribution in [1.29, 1.82) is 0 Å². The maximum Gasteiger partial charge on any atom is 0.243 e. The van der Waals surface area contributed by atoms with Crippen molar-refractivity contribution in [2.75, 3.05) is 32.7 Å². The van der Waals surface area contributed by atoms with Crippen LogP contribution in [0.25, 0.3) is 0 Å². The van der Waals surface area contributed by atoms with Crippen LogP contribution in [0.3, 0.4) is 0 Å². The lowest BCUT2D eigenvalue weighted by Crippen LogP contribution is -2.40. The van der Waals surface area contributed by atoms with E-state index in [1.165, 1.54) is 22.5 Å². The van der Waals surface area contributed by atoms with Gasteiger partial charge in [-0.1, -0.05) is 33.8 Å². The first-order valence-electron chi connectivity index (χ1n) is 8.37. The molecule has 9 heteroatoms. The highest BCUT2D eigenvalue weighted by Crippen LogP contribution is 2.20. The summed E-state index contributed by atoms with van der Waals surface area (Å²) in [4.78, 5) is 1.88. The molecule has 7 nitrogen and oxygen atoms in total. The third-order valence-corrected chi connectivity index (χ3v) is 6.67. The molecule has 0 atom stereocenters. The minimum atomic E-state index is -3.96. The first-order valence-corrected chi connectivity index (χ1v) is 11.4. The van der Waals surface area contributed by atoms with Crippen LogP contribution in [-0.2, 0) is 20.0 Å². The van der Waals surface area contributed by atoms with E-state index in [0.717, 1.165) is 19.2 Å². The van der Waals surface area contributed by atoms with E-state index < -0.39 is 20.0 Å². The average Bonchev–Trinajstić information content (AvgIpc) is 2.53. The van der Waals surface area contributed by atoms with Crippen LogP contribution in [0.15, 0.2) is 34.1 Å². The molecule has 0 bridgehead atoms. The second-order valence-electron chi connectivity index (χ2n) is 6.30. The Bertz CT molecular complexity index is 757. The van der Waals surface area contributed by atoms with Gasteiger partial charge in [-0.25, -0.2) is 22.0 Å². The second-order valence-corrected chi connectivity index (χ2v) is 9.80. The van der Waals surface area contributed by atoms with E-state index in [9.17, 15) is 16.8 Å². The van der Waals surface area contributed by atoms with Gasteiger partial charge < -0.3 is 4.90 Å². The number of primary sulfonamides is 1. The second kappa shape index (κ2) is 9.09. The highest BCUT2D eigenvalue weighted by atomic mass is 32.2. The standard InChI is InChI=1S/C16H29N3O4S2/c1-5-18(6-2)10-11-19(13-14(3)4)25(22,23)16-9-7-8-15(12-16)24(17,20)21/h7-9,12,14H,5-6,10-11,13H2,1-4H3,(H2,17,20,21). The van der Waals surface area contributed by atoms with Gasteiger partial charge in [-0.05, 0) is 37.2 Å². The molecule has 2 N–H and O–H groups in total. The van der Waals surface area contributed by atoms with E-state index in [2.05, 4.69) is 4.90 Å². The van der Waals surface area contributed by atoms with Crippen molar-refractivity contribution in [2.45, 2.75) is 37.5 Å². The van der Waals surface area contributed by atoms with Gasteiger partial charge in [0.15, 0.2) is 0 Å². The molecule has 0 aliphatic carbocycles. The predicted octanol–water partition coefficient (Wildman–Crippen LogP) is 1.32. The number of nitrogens with two attached hydrogens (primary N) is 1. The van der Waals surface area contributed by atoms with Crippen LogP contribution in [0.4, 0.5) is 0 Å². The minimum absolute atomic E-state index is 0.0563. The highest BCUT2D eigenvalue weighted by molar-refractivity contribution is 7.90. The first-order chi connectivity index (χ1) is 11.5. The molecule has 0 saturated heterocycles. The summed E-state index contributed by atoms with van der Waals surface area (Å²) >= 11 is 0. The van der Waals surface area contributed by atoms with E-state index in [1.807, 2.05) is 27.7 Å². The number of sulfonamides is 2. The van der Waals surface area contributed by atoms with Crippen LogP contribution < -0.4 is 5.14 Å². The average molecular weight is 392 g/mol. The molecule has 0 aliphatic heterocycles. The van der Waals surface area contributed by atoms with Crippen molar-refractivity contribution in [3.05, 3.63) is 24.3 Å². The van der Waals surface area contributed by atoms with E-state index >= 15 is 0 Å². The Kier molecular flexibility index (Phi) is 8.01. The Hall–Kier alpha value is -1.00. The Labute approximate surface area is 151 Å². The molecular weight excluding hydrogens is 362 g/mol. The van der Waals surface area contributed by atoms with Crippen molar-refractivity contribution in [2.24, 2.45) is 11.1 Å². The zero-order valence-corrected chi connectivity index (χ0v) is 17.0. The van der Waals surface area contributed by atoms with E-state index in [1.54, 1.807) is 0 Å². The highest BCUT2D eigenvalue weighted by Gasteiger charge is 2.26. The molecule has 0 heterocycles. The molecule has 1 aromatic carbocycles. The topological polar surface area (TPSA) is 101 Å².